The van der Waals surface area contributed by atoms with Crippen molar-refractivity contribution >= 4 is 17.3 Å². The number of fused-ring (bicyclic) bond motifs is 1. The zero-order valence-corrected chi connectivity index (χ0v) is 15.9. The molecule has 1 aliphatic rings. The van der Waals surface area contributed by atoms with Crippen molar-refractivity contribution in [3.8, 4) is 5.75 Å². The normalized spacial score (nSPS) is 17.9. The lowest BCUT2D eigenvalue weighted by Crippen LogP contribution is -2.38. The van der Waals surface area contributed by atoms with Crippen LogP contribution in [0.25, 0.3) is 0 Å². The summed E-state index contributed by atoms with van der Waals surface area (Å²) < 4.78 is 5.90. The number of carbonyl (C=O) groups is 1. The van der Waals surface area contributed by atoms with E-state index in [0.717, 1.165) is 23.5 Å². The van der Waals surface area contributed by atoms with Crippen molar-refractivity contribution < 1.29 is 9.53 Å². The molecule has 0 bridgehead atoms. The number of ether oxygens (including phenoxy) is 1. The van der Waals surface area contributed by atoms with Crippen molar-refractivity contribution in [1.29, 1.82) is 0 Å². The Kier molecular flexibility index (Phi) is 5.82. The second-order valence-electron chi connectivity index (χ2n) is 7.02. The van der Waals surface area contributed by atoms with Crippen LogP contribution in [0.15, 0.2) is 48.5 Å². The highest BCUT2D eigenvalue weighted by molar-refractivity contribution is 5.99. The average Bonchev–Trinajstić information content (AvgIpc) is 2.80. The molecule has 1 aliphatic heterocycles. The molecule has 0 fully saturated rings. The topological polar surface area (TPSA) is 41.6 Å². The molecule has 0 aliphatic carbocycles. The molecule has 0 unspecified atom stereocenters. The molecule has 0 aromatic heterocycles. The van der Waals surface area contributed by atoms with Crippen molar-refractivity contribution in [1.82, 2.24) is 0 Å². The molecular weight excluding hydrogens is 324 g/mol. The largest absolute Gasteiger partial charge is 0.492 e. The lowest BCUT2D eigenvalue weighted by atomic mass is 9.99. The molecule has 0 spiro atoms. The third kappa shape index (κ3) is 4.01. The van der Waals surface area contributed by atoms with Crippen molar-refractivity contribution in [2.75, 3.05) is 29.9 Å². The van der Waals surface area contributed by atoms with Gasteiger partial charge < -0.3 is 15.0 Å². The van der Waals surface area contributed by atoms with Gasteiger partial charge in [-0.3, -0.25) is 4.79 Å². The number of rotatable bonds is 6. The van der Waals surface area contributed by atoms with Crippen LogP contribution >= 0.6 is 0 Å². The zero-order valence-electron chi connectivity index (χ0n) is 15.9. The Bertz CT molecular complexity index is 742. The summed E-state index contributed by atoms with van der Waals surface area (Å²) in [4.78, 5) is 14.6. The van der Waals surface area contributed by atoms with Gasteiger partial charge in [-0.25, -0.2) is 0 Å². The number of amides is 1. The Morgan fingerprint density at radius 2 is 1.92 bits per heavy atom. The number of hydrogen-bond donors (Lipinski definition) is 1. The third-order valence-electron chi connectivity index (χ3n) is 5.13. The summed E-state index contributed by atoms with van der Waals surface area (Å²) in [5.74, 6) is 1.48. The van der Waals surface area contributed by atoms with Crippen molar-refractivity contribution in [2.24, 2.45) is 5.92 Å². The number of nitrogens with one attached hydrogen (secondary N) is 1. The number of carbonyl (C=O) groups excluding carboxylic acids is 1. The SMILES string of the molecule is CC[C@@H](C)c1ccc(OCCN2C(=O)[C@H](C)CNc3ccccc32)cc1. The van der Waals surface area contributed by atoms with Crippen LogP contribution in [0.3, 0.4) is 0 Å². The number of hydrogen-bond acceptors (Lipinski definition) is 3. The van der Waals surface area contributed by atoms with Crippen LogP contribution in [0.2, 0.25) is 0 Å². The molecule has 138 valence electrons. The van der Waals surface area contributed by atoms with Crippen LogP contribution in [-0.2, 0) is 4.79 Å². The van der Waals surface area contributed by atoms with E-state index >= 15 is 0 Å². The minimum absolute atomic E-state index is 0.0581. The Balaban J connectivity index is 1.65. The van der Waals surface area contributed by atoms with E-state index in [1.165, 1.54) is 5.56 Å². The fourth-order valence-electron chi connectivity index (χ4n) is 3.21. The van der Waals surface area contributed by atoms with Gasteiger partial charge in [-0.1, -0.05) is 45.0 Å². The smallest absolute Gasteiger partial charge is 0.231 e. The predicted molar refractivity (Wildman–Crippen MR) is 107 cm³/mol. The van der Waals surface area contributed by atoms with Crippen LogP contribution in [0, 0.1) is 5.92 Å². The molecule has 26 heavy (non-hydrogen) atoms. The lowest BCUT2D eigenvalue weighted by Gasteiger charge is -2.24. The Morgan fingerprint density at radius 3 is 2.65 bits per heavy atom. The van der Waals surface area contributed by atoms with E-state index in [-0.39, 0.29) is 11.8 Å². The van der Waals surface area contributed by atoms with Gasteiger partial charge in [0.15, 0.2) is 0 Å². The Morgan fingerprint density at radius 1 is 1.19 bits per heavy atom. The van der Waals surface area contributed by atoms with E-state index in [4.69, 9.17) is 4.74 Å². The first-order valence-corrected chi connectivity index (χ1v) is 9.47. The van der Waals surface area contributed by atoms with Crippen molar-refractivity contribution in [3.05, 3.63) is 54.1 Å². The number of para-hydroxylation sites is 2. The summed E-state index contributed by atoms with van der Waals surface area (Å²) in [7, 11) is 0. The fraction of sp³-hybridized carbons (Fsp3) is 0.409. The van der Waals surface area contributed by atoms with Gasteiger partial charge in [0.2, 0.25) is 5.91 Å². The molecule has 1 amide bonds. The molecule has 1 N–H and O–H groups in total. The average molecular weight is 352 g/mol. The molecule has 0 saturated heterocycles. The van der Waals surface area contributed by atoms with Crippen molar-refractivity contribution in [2.45, 2.75) is 33.1 Å². The third-order valence-corrected chi connectivity index (χ3v) is 5.13. The van der Waals surface area contributed by atoms with Crippen LogP contribution in [0.4, 0.5) is 11.4 Å². The summed E-state index contributed by atoms with van der Waals surface area (Å²) in [6.45, 7) is 8.05. The number of anilines is 2. The van der Waals surface area contributed by atoms with Gasteiger partial charge in [0.25, 0.3) is 0 Å². The summed E-state index contributed by atoms with van der Waals surface area (Å²) in [6.07, 6.45) is 1.13. The molecule has 2 aromatic carbocycles. The van der Waals surface area contributed by atoms with Gasteiger partial charge in [-0.05, 0) is 42.2 Å². The van der Waals surface area contributed by atoms with Crippen molar-refractivity contribution in [3.63, 3.8) is 0 Å². The monoisotopic (exact) mass is 352 g/mol. The van der Waals surface area contributed by atoms with Gasteiger partial charge >= 0.3 is 0 Å². The lowest BCUT2D eigenvalue weighted by molar-refractivity contribution is -0.121. The maximum Gasteiger partial charge on any atom is 0.231 e. The standard InChI is InChI=1S/C22H28N2O2/c1-4-16(2)18-9-11-19(12-10-18)26-14-13-24-21-8-6-5-7-20(21)23-15-17(3)22(24)25/h5-12,16-17,23H,4,13-15H2,1-3H3/t16-,17-/m1/s1. The van der Waals surface area contributed by atoms with E-state index < -0.39 is 0 Å². The Hall–Kier alpha value is -2.49. The van der Waals surface area contributed by atoms with Gasteiger partial charge in [-0.15, -0.1) is 0 Å². The Labute approximate surface area is 156 Å². The quantitative estimate of drug-likeness (QED) is 0.821. The van der Waals surface area contributed by atoms with E-state index in [1.54, 1.807) is 0 Å². The number of nitrogens with zero attached hydrogens (tertiary/aromatic N) is 1. The number of benzene rings is 2. The molecule has 4 nitrogen and oxygen atoms in total. The first kappa shape index (κ1) is 18.3. The van der Waals surface area contributed by atoms with Crippen LogP contribution < -0.4 is 15.0 Å². The van der Waals surface area contributed by atoms with E-state index in [2.05, 4.69) is 31.3 Å². The second-order valence-corrected chi connectivity index (χ2v) is 7.02. The van der Waals surface area contributed by atoms with Gasteiger partial charge in [0, 0.05) is 6.54 Å². The molecule has 2 atom stereocenters. The maximum absolute atomic E-state index is 12.7. The zero-order chi connectivity index (χ0) is 18.5. The van der Waals surface area contributed by atoms with E-state index in [1.807, 2.05) is 48.2 Å². The molecule has 0 saturated carbocycles. The first-order valence-electron chi connectivity index (χ1n) is 9.47. The predicted octanol–water partition coefficient (Wildman–Crippen LogP) is 4.67. The summed E-state index contributed by atoms with van der Waals surface area (Å²) >= 11 is 0. The summed E-state index contributed by atoms with van der Waals surface area (Å²) in [5.41, 5.74) is 3.26. The van der Waals surface area contributed by atoms with Gasteiger partial charge in [-0.2, -0.15) is 0 Å². The van der Waals surface area contributed by atoms with E-state index in [0.29, 0.717) is 25.6 Å². The fourth-order valence-corrected chi connectivity index (χ4v) is 3.21. The molecule has 4 heteroatoms. The van der Waals surface area contributed by atoms with Crippen LogP contribution in [0.1, 0.15) is 38.7 Å². The molecule has 0 radical (unpaired) electrons. The minimum Gasteiger partial charge on any atom is -0.492 e. The van der Waals surface area contributed by atoms with Crippen LogP contribution in [0.5, 0.6) is 5.75 Å². The minimum atomic E-state index is -0.0581. The highest BCUT2D eigenvalue weighted by atomic mass is 16.5. The first-order chi connectivity index (χ1) is 12.6. The van der Waals surface area contributed by atoms with Gasteiger partial charge in [0.05, 0.1) is 23.8 Å². The van der Waals surface area contributed by atoms with E-state index in [9.17, 15) is 4.79 Å². The van der Waals surface area contributed by atoms with Gasteiger partial charge in [0.1, 0.15) is 12.4 Å². The molecule has 3 rings (SSSR count). The van der Waals surface area contributed by atoms with Crippen LogP contribution in [-0.4, -0.2) is 25.6 Å². The maximum atomic E-state index is 12.7. The highest BCUT2D eigenvalue weighted by Crippen LogP contribution is 2.30. The second kappa shape index (κ2) is 8.26. The highest BCUT2D eigenvalue weighted by Gasteiger charge is 2.26. The summed E-state index contributed by atoms with van der Waals surface area (Å²) in [5, 5.41) is 3.36. The molecule has 1 heterocycles. The molecule has 2 aromatic rings. The summed E-state index contributed by atoms with van der Waals surface area (Å²) in [6, 6.07) is 16.2. The molecular formula is C22H28N2O2.